The number of rotatable bonds is 9. The summed E-state index contributed by atoms with van der Waals surface area (Å²) in [6, 6.07) is 14.8. The van der Waals surface area contributed by atoms with Crippen LogP contribution in [0.2, 0.25) is 0 Å². The fraction of sp³-hybridized carbons (Fsp3) is 0.406. The van der Waals surface area contributed by atoms with Crippen LogP contribution in [0.15, 0.2) is 52.9 Å². The number of nitrogens with one attached hydrogen (secondary N) is 1. The summed E-state index contributed by atoms with van der Waals surface area (Å²) >= 11 is -0.0251. The summed E-state index contributed by atoms with van der Waals surface area (Å²) in [5.41, 5.74) is 5.35. The number of aryl methyl sites for hydroxylation is 1. The van der Waals surface area contributed by atoms with Crippen LogP contribution in [-0.4, -0.2) is 91.5 Å². The van der Waals surface area contributed by atoms with Gasteiger partial charge in [-0.15, -0.1) is 0 Å². The van der Waals surface area contributed by atoms with Crippen molar-refractivity contribution in [2.24, 2.45) is 0 Å². The Morgan fingerprint density at radius 3 is 2.50 bits per heavy atom. The predicted octanol–water partition coefficient (Wildman–Crippen LogP) is 2.03. The summed E-state index contributed by atoms with van der Waals surface area (Å²) in [5.74, 6) is -0.140. The summed E-state index contributed by atoms with van der Waals surface area (Å²) in [6.07, 6.45) is 0. The van der Waals surface area contributed by atoms with Crippen molar-refractivity contribution in [3.63, 3.8) is 0 Å². The first-order valence-corrected chi connectivity index (χ1v) is 18.8. The zero-order valence-corrected chi connectivity index (χ0v) is 28.3. The summed E-state index contributed by atoms with van der Waals surface area (Å²) in [7, 11) is 3.40. The van der Waals surface area contributed by atoms with Crippen LogP contribution in [0.4, 0.5) is 26.2 Å². The number of para-hydroxylation sites is 1. The Labute approximate surface area is 270 Å². The van der Waals surface area contributed by atoms with Gasteiger partial charge in [0.1, 0.15) is 11.6 Å². The number of oxazole rings is 1. The molecule has 3 heterocycles. The molecule has 0 bridgehead atoms. The Morgan fingerprint density at radius 1 is 1.05 bits per heavy atom. The third-order valence-electron chi connectivity index (χ3n) is 8.08. The molecular weight excluding hydrogens is 697 g/mol. The number of likely N-dealkylation sites (N-methyl/N-ethyl adjacent to an activating group) is 1. The first kappa shape index (κ1) is 31.3. The van der Waals surface area contributed by atoms with Gasteiger partial charge in [0, 0.05) is 47.5 Å². The van der Waals surface area contributed by atoms with E-state index in [4.69, 9.17) is 4.42 Å². The molecule has 0 spiro atoms. The van der Waals surface area contributed by atoms with Crippen LogP contribution in [0.5, 0.6) is 0 Å². The van der Waals surface area contributed by atoms with Crippen LogP contribution in [0.1, 0.15) is 11.1 Å². The maximum absolute atomic E-state index is 15.2. The van der Waals surface area contributed by atoms with Gasteiger partial charge in [-0.1, -0.05) is 0 Å². The molecule has 1 aromatic heterocycles. The minimum absolute atomic E-state index is 0.0251. The number of fused-ring (bicyclic) bond motifs is 1. The van der Waals surface area contributed by atoms with E-state index in [-0.39, 0.29) is 33.6 Å². The van der Waals surface area contributed by atoms with Crippen LogP contribution in [-0.2, 0) is 17.3 Å². The Balaban J connectivity index is 1.16. The number of benzene rings is 3. The SMILES string of the molecule is Cc1cc(Nc2nc3cccc(-c4cc(F)c(CN5CCS(=O)CC5)c(F)c4)c3o2)ccc1N1CCN(CCN(C)C)[I-]C1. The minimum atomic E-state index is -0.844. The van der Waals surface area contributed by atoms with E-state index >= 15 is 8.78 Å². The van der Waals surface area contributed by atoms with E-state index in [0.29, 0.717) is 52.8 Å². The van der Waals surface area contributed by atoms with Gasteiger partial charge in [-0.05, 0) is 12.1 Å². The third-order valence-corrected chi connectivity index (χ3v) is 12.4. The number of halogens is 3. The van der Waals surface area contributed by atoms with E-state index in [9.17, 15) is 4.21 Å². The number of anilines is 3. The second kappa shape index (κ2) is 13.8. The van der Waals surface area contributed by atoms with E-state index in [1.54, 1.807) is 6.07 Å². The molecule has 12 heteroatoms. The number of nitrogens with zero attached hydrogens (tertiary/aromatic N) is 5. The molecule has 0 amide bonds. The van der Waals surface area contributed by atoms with Gasteiger partial charge in [0.15, 0.2) is 0 Å². The van der Waals surface area contributed by atoms with Gasteiger partial charge in [-0.2, -0.15) is 0 Å². The molecule has 6 rings (SSSR count). The molecule has 0 saturated carbocycles. The number of hydrogen-bond donors (Lipinski definition) is 1. The molecule has 4 aromatic rings. The number of alkyl halides is 1. The molecule has 0 radical (unpaired) electrons. The van der Waals surface area contributed by atoms with Crippen molar-refractivity contribution >= 4 is 39.3 Å². The average molecular weight is 736 g/mol. The van der Waals surface area contributed by atoms with Gasteiger partial charge in [0.05, 0.1) is 0 Å². The van der Waals surface area contributed by atoms with E-state index in [1.165, 1.54) is 23.4 Å². The maximum atomic E-state index is 15.2. The van der Waals surface area contributed by atoms with Crippen molar-refractivity contribution in [2.45, 2.75) is 13.5 Å². The van der Waals surface area contributed by atoms with Crippen molar-refractivity contribution in [1.29, 1.82) is 0 Å². The van der Waals surface area contributed by atoms with Gasteiger partial charge < -0.3 is 0 Å². The fourth-order valence-corrected chi connectivity index (χ4v) is 9.31. The molecular formula is C32H38F2IN6O2S-. The number of aromatic nitrogens is 1. The second-order valence-corrected chi connectivity index (χ2v) is 16.0. The average Bonchev–Trinajstić information content (AvgIpc) is 3.42. The Kier molecular flexibility index (Phi) is 9.81. The van der Waals surface area contributed by atoms with Crippen LogP contribution in [0.3, 0.4) is 0 Å². The van der Waals surface area contributed by atoms with Gasteiger partial charge in [-0.3, -0.25) is 9.11 Å². The second-order valence-electron chi connectivity index (χ2n) is 11.6. The van der Waals surface area contributed by atoms with Crippen molar-refractivity contribution in [2.75, 3.05) is 79.6 Å². The van der Waals surface area contributed by atoms with Gasteiger partial charge in [-0.25, -0.2) is 8.78 Å². The summed E-state index contributed by atoms with van der Waals surface area (Å²) in [6.45, 7) is 7.78. The van der Waals surface area contributed by atoms with Gasteiger partial charge in [0.2, 0.25) is 0 Å². The zero-order valence-electron chi connectivity index (χ0n) is 25.3. The standard InChI is InChI=1S/C32H38F2IN6O2S/c1-22-17-24(7-8-30(22)40-10-12-41(35-21-40)11-9-38(2)3)36-32-37-29-6-4-5-25(31(29)43-32)23-18-27(33)26(28(34)19-23)20-39-13-15-44(42)16-14-39/h4-8,17-19H,9-16,20-21H2,1-3H3,(H,36,37)/q-1. The van der Waals surface area contributed by atoms with Crippen LogP contribution in [0.25, 0.3) is 22.2 Å². The summed E-state index contributed by atoms with van der Waals surface area (Å²) in [5, 5.41) is 3.28. The van der Waals surface area contributed by atoms with Crippen molar-refractivity contribution in [1.82, 2.24) is 17.9 Å². The zero-order chi connectivity index (χ0) is 30.8. The van der Waals surface area contributed by atoms with E-state index in [2.05, 4.69) is 56.4 Å². The molecule has 1 N–H and O–H groups in total. The van der Waals surface area contributed by atoms with Gasteiger partial charge >= 0.3 is 182 Å². The van der Waals surface area contributed by atoms with Crippen molar-refractivity contribution < 1.29 is 38.9 Å². The molecule has 0 atom stereocenters. The molecule has 3 aromatic carbocycles. The monoisotopic (exact) mass is 735 g/mol. The third kappa shape index (κ3) is 7.25. The molecule has 236 valence electrons. The topological polar surface area (TPSA) is 68.1 Å². The van der Waals surface area contributed by atoms with Crippen LogP contribution < -0.4 is 31.7 Å². The molecule has 44 heavy (non-hydrogen) atoms. The first-order chi connectivity index (χ1) is 21.2. The Bertz CT molecular complexity index is 1630. The quantitative estimate of drug-likeness (QED) is 0.121. The van der Waals surface area contributed by atoms with E-state index < -0.39 is 22.4 Å². The Morgan fingerprint density at radius 2 is 1.82 bits per heavy atom. The molecule has 0 unspecified atom stereocenters. The fourth-order valence-electron chi connectivity index (χ4n) is 5.56. The van der Waals surface area contributed by atoms with Crippen molar-refractivity contribution in [3.8, 4) is 11.1 Å². The van der Waals surface area contributed by atoms with Crippen LogP contribution >= 0.6 is 0 Å². The Hall–Kier alpha value is -2.65. The number of hydrogen-bond acceptors (Lipinski definition) is 8. The van der Waals surface area contributed by atoms with E-state index in [1.807, 2.05) is 23.1 Å². The van der Waals surface area contributed by atoms with Crippen LogP contribution in [0, 0.1) is 18.6 Å². The molecule has 0 aliphatic carbocycles. The van der Waals surface area contributed by atoms with Crippen molar-refractivity contribution in [3.05, 3.63) is 71.3 Å². The predicted molar refractivity (Wildman–Crippen MR) is 169 cm³/mol. The molecule has 2 saturated heterocycles. The first-order valence-electron chi connectivity index (χ1n) is 14.8. The summed E-state index contributed by atoms with van der Waals surface area (Å²) in [4.78, 5) is 11.3. The normalized spacial score (nSPS) is 17.4. The molecule has 8 nitrogen and oxygen atoms in total. The summed E-state index contributed by atoms with van der Waals surface area (Å²) < 4.78 is 51.9. The molecule has 2 fully saturated rings. The molecule has 2 aliphatic rings. The molecule has 2 aliphatic heterocycles. The van der Waals surface area contributed by atoms with Gasteiger partial charge in [0.25, 0.3) is 0 Å². The van der Waals surface area contributed by atoms with E-state index in [0.717, 1.165) is 36.4 Å².